The van der Waals surface area contributed by atoms with Crippen molar-refractivity contribution < 1.29 is 19.1 Å². The van der Waals surface area contributed by atoms with Crippen LogP contribution in [-0.2, 0) is 4.74 Å². The maximum Gasteiger partial charge on any atom is 0.340 e. The molecule has 1 aromatic heterocycles. The number of nitrogens with one attached hydrogen (secondary N) is 3. The number of aromatic nitrogens is 1. The highest BCUT2D eigenvalue weighted by Gasteiger charge is 2.22. The van der Waals surface area contributed by atoms with E-state index in [4.69, 9.17) is 10.5 Å². The third-order valence-electron chi connectivity index (χ3n) is 4.45. The first kappa shape index (κ1) is 20.7. The number of urea groups is 1. The minimum atomic E-state index is -0.694. The minimum Gasteiger partial charge on any atom is -0.462 e. The van der Waals surface area contributed by atoms with Crippen molar-refractivity contribution in [1.29, 1.82) is 0 Å². The van der Waals surface area contributed by atoms with E-state index in [0.29, 0.717) is 22.5 Å². The lowest BCUT2D eigenvalue weighted by Crippen LogP contribution is -2.19. The lowest BCUT2D eigenvalue weighted by atomic mass is 10.0. The van der Waals surface area contributed by atoms with E-state index in [0.717, 1.165) is 5.56 Å². The van der Waals surface area contributed by atoms with Crippen LogP contribution in [0.15, 0.2) is 54.7 Å². The Bertz CT molecular complexity index is 1090. The molecule has 0 bridgehead atoms. The van der Waals surface area contributed by atoms with Gasteiger partial charge in [0.1, 0.15) is 5.69 Å². The van der Waals surface area contributed by atoms with Crippen LogP contribution in [-0.4, -0.2) is 29.5 Å². The fourth-order valence-electron chi connectivity index (χ4n) is 3.01. The average molecular weight is 406 g/mol. The van der Waals surface area contributed by atoms with E-state index < -0.39 is 11.9 Å². The third kappa shape index (κ3) is 4.49. The first-order valence-electron chi connectivity index (χ1n) is 9.33. The van der Waals surface area contributed by atoms with E-state index in [2.05, 4.69) is 15.6 Å². The van der Waals surface area contributed by atoms with Gasteiger partial charge in [0.2, 0.25) is 0 Å². The molecule has 0 aliphatic rings. The van der Waals surface area contributed by atoms with Gasteiger partial charge in [0.05, 0.1) is 12.2 Å². The second kappa shape index (κ2) is 8.95. The first-order chi connectivity index (χ1) is 14.4. The topological polar surface area (TPSA) is 126 Å². The number of aryl methyl sites for hydroxylation is 1. The molecule has 0 radical (unpaired) electrons. The van der Waals surface area contributed by atoms with Crippen LogP contribution < -0.4 is 16.4 Å². The molecule has 154 valence electrons. The average Bonchev–Trinajstić information content (AvgIpc) is 3.16. The third-order valence-corrected chi connectivity index (χ3v) is 4.45. The Balaban J connectivity index is 1.81. The standard InChI is InChI=1S/C22H22N4O4/c1-3-30-21(28)16-12-24-19(20(23)27)18(16)14-8-10-15(11-9-14)25-22(29)26-17-7-5-4-6-13(17)2/h4-12,24H,3H2,1-2H3,(H2,23,27)(H2,25,26,29). The Morgan fingerprint density at radius 2 is 1.73 bits per heavy atom. The van der Waals surface area contributed by atoms with E-state index in [1.54, 1.807) is 31.2 Å². The van der Waals surface area contributed by atoms with Gasteiger partial charge in [-0.3, -0.25) is 4.79 Å². The number of carbonyl (C=O) groups excluding carboxylic acids is 3. The largest absolute Gasteiger partial charge is 0.462 e. The Kier molecular flexibility index (Phi) is 6.17. The number of ether oxygens (including phenoxy) is 1. The molecule has 5 N–H and O–H groups in total. The minimum absolute atomic E-state index is 0.107. The molecule has 0 saturated carbocycles. The first-order valence-corrected chi connectivity index (χ1v) is 9.33. The van der Waals surface area contributed by atoms with Crippen LogP contribution in [0.1, 0.15) is 33.3 Å². The highest BCUT2D eigenvalue weighted by atomic mass is 16.5. The summed E-state index contributed by atoms with van der Waals surface area (Å²) in [5, 5.41) is 5.53. The smallest absolute Gasteiger partial charge is 0.340 e. The summed E-state index contributed by atoms with van der Waals surface area (Å²) >= 11 is 0. The molecule has 30 heavy (non-hydrogen) atoms. The Hall–Kier alpha value is -4.07. The van der Waals surface area contributed by atoms with Gasteiger partial charge in [-0.05, 0) is 43.2 Å². The number of carbonyl (C=O) groups is 3. The number of anilines is 2. The van der Waals surface area contributed by atoms with Crippen LogP contribution in [0.2, 0.25) is 0 Å². The number of aromatic amines is 1. The summed E-state index contributed by atoms with van der Waals surface area (Å²) in [5.41, 5.74) is 8.89. The molecular formula is C22H22N4O4. The molecule has 3 rings (SSSR count). The van der Waals surface area contributed by atoms with Gasteiger partial charge in [-0.1, -0.05) is 30.3 Å². The van der Waals surface area contributed by atoms with Crippen LogP contribution in [0.4, 0.5) is 16.2 Å². The van der Waals surface area contributed by atoms with Crippen molar-refractivity contribution in [2.24, 2.45) is 5.73 Å². The molecule has 3 aromatic rings. The van der Waals surface area contributed by atoms with Crippen LogP contribution >= 0.6 is 0 Å². The summed E-state index contributed by atoms with van der Waals surface area (Å²) in [4.78, 5) is 39.0. The highest BCUT2D eigenvalue weighted by molar-refractivity contribution is 6.07. The van der Waals surface area contributed by atoms with Crippen molar-refractivity contribution in [2.75, 3.05) is 17.2 Å². The zero-order valence-electron chi connectivity index (χ0n) is 16.6. The molecule has 2 aromatic carbocycles. The van der Waals surface area contributed by atoms with Crippen molar-refractivity contribution in [1.82, 2.24) is 4.98 Å². The molecule has 1 heterocycles. The highest BCUT2D eigenvalue weighted by Crippen LogP contribution is 2.29. The molecule has 0 unspecified atom stereocenters. The maximum atomic E-state index is 12.3. The number of nitrogens with two attached hydrogens (primary N) is 1. The number of amides is 3. The predicted molar refractivity (Wildman–Crippen MR) is 115 cm³/mol. The van der Waals surface area contributed by atoms with Gasteiger partial charge >= 0.3 is 12.0 Å². The maximum absolute atomic E-state index is 12.3. The zero-order valence-corrected chi connectivity index (χ0v) is 16.6. The summed E-state index contributed by atoms with van der Waals surface area (Å²) in [6.45, 7) is 3.80. The molecule has 0 aliphatic carbocycles. The second-order valence-corrected chi connectivity index (χ2v) is 6.51. The quantitative estimate of drug-likeness (QED) is 0.463. The summed E-state index contributed by atoms with van der Waals surface area (Å²) in [6.07, 6.45) is 1.40. The Morgan fingerprint density at radius 3 is 2.37 bits per heavy atom. The monoisotopic (exact) mass is 406 g/mol. The van der Waals surface area contributed by atoms with Gasteiger partial charge in [-0.25, -0.2) is 9.59 Å². The molecular weight excluding hydrogens is 384 g/mol. The van der Waals surface area contributed by atoms with Crippen LogP contribution in [0.5, 0.6) is 0 Å². The zero-order chi connectivity index (χ0) is 21.7. The molecule has 0 spiro atoms. The fourth-order valence-corrected chi connectivity index (χ4v) is 3.01. The number of rotatable bonds is 6. The molecule has 8 nitrogen and oxygen atoms in total. The lowest BCUT2D eigenvalue weighted by Gasteiger charge is -2.11. The number of esters is 1. The van der Waals surface area contributed by atoms with E-state index in [-0.39, 0.29) is 23.9 Å². The van der Waals surface area contributed by atoms with Crippen molar-refractivity contribution in [3.8, 4) is 11.1 Å². The lowest BCUT2D eigenvalue weighted by molar-refractivity contribution is 0.0527. The number of primary amides is 1. The SMILES string of the molecule is CCOC(=O)c1c[nH]c(C(N)=O)c1-c1ccc(NC(=O)Nc2ccccc2C)cc1. The van der Waals surface area contributed by atoms with Crippen LogP contribution in [0.25, 0.3) is 11.1 Å². The van der Waals surface area contributed by atoms with E-state index >= 15 is 0 Å². The van der Waals surface area contributed by atoms with E-state index in [1.165, 1.54) is 6.20 Å². The number of para-hydroxylation sites is 1. The van der Waals surface area contributed by atoms with E-state index in [1.807, 2.05) is 31.2 Å². The number of hydrogen-bond donors (Lipinski definition) is 4. The Labute approximate surface area is 173 Å². The molecule has 8 heteroatoms. The summed E-state index contributed by atoms with van der Waals surface area (Å²) in [6, 6.07) is 13.8. The normalized spacial score (nSPS) is 10.3. The molecule has 0 aliphatic heterocycles. The van der Waals surface area contributed by atoms with Crippen LogP contribution in [0.3, 0.4) is 0 Å². The predicted octanol–water partition coefficient (Wildman–Crippen LogP) is 3.91. The second-order valence-electron chi connectivity index (χ2n) is 6.51. The van der Waals surface area contributed by atoms with Gasteiger partial charge in [-0.15, -0.1) is 0 Å². The molecule has 0 fully saturated rings. The van der Waals surface area contributed by atoms with Gasteiger partial charge in [0, 0.05) is 23.1 Å². The van der Waals surface area contributed by atoms with Gasteiger partial charge in [0.25, 0.3) is 5.91 Å². The van der Waals surface area contributed by atoms with Gasteiger partial charge in [0.15, 0.2) is 0 Å². The van der Waals surface area contributed by atoms with Crippen LogP contribution in [0, 0.1) is 6.92 Å². The fraction of sp³-hybridized carbons (Fsp3) is 0.136. The number of H-pyrrole nitrogens is 1. The number of hydrogen-bond acceptors (Lipinski definition) is 4. The molecule has 0 atom stereocenters. The summed E-state index contributed by atoms with van der Waals surface area (Å²) < 4.78 is 5.05. The van der Waals surface area contributed by atoms with E-state index in [9.17, 15) is 14.4 Å². The summed E-state index contributed by atoms with van der Waals surface area (Å²) in [7, 11) is 0. The number of benzene rings is 2. The van der Waals surface area contributed by atoms with Crippen molar-refractivity contribution in [3.05, 3.63) is 71.5 Å². The molecule has 3 amide bonds. The van der Waals surface area contributed by atoms with Crippen molar-refractivity contribution in [3.63, 3.8) is 0 Å². The van der Waals surface area contributed by atoms with Gasteiger partial charge < -0.3 is 26.1 Å². The van der Waals surface area contributed by atoms with Crippen molar-refractivity contribution in [2.45, 2.75) is 13.8 Å². The van der Waals surface area contributed by atoms with Crippen molar-refractivity contribution >= 4 is 29.3 Å². The summed E-state index contributed by atoms with van der Waals surface area (Å²) in [5.74, 6) is -1.25. The van der Waals surface area contributed by atoms with Gasteiger partial charge in [-0.2, -0.15) is 0 Å². The molecule has 0 saturated heterocycles. The Morgan fingerprint density at radius 1 is 1.03 bits per heavy atom.